The molecule has 0 atom stereocenters. The number of carbonyl (C=O) groups is 1. The molecular weight excluding hydrogens is 354 g/mol. The minimum Gasteiger partial charge on any atom is -0.497 e. The predicted molar refractivity (Wildman–Crippen MR) is 111 cm³/mol. The molecule has 2 N–H and O–H groups in total. The van der Waals surface area contributed by atoms with Gasteiger partial charge in [0.1, 0.15) is 11.5 Å². The number of amides is 1. The van der Waals surface area contributed by atoms with Crippen LogP contribution in [-0.4, -0.2) is 30.8 Å². The van der Waals surface area contributed by atoms with Gasteiger partial charge in [-0.3, -0.25) is 4.79 Å². The van der Waals surface area contributed by atoms with Crippen molar-refractivity contribution in [2.75, 3.05) is 13.7 Å². The molecule has 0 radical (unpaired) electrons. The first-order valence-electron chi connectivity index (χ1n) is 9.08. The van der Waals surface area contributed by atoms with Crippen molar-refractivity contribution in [3.63, 3.8) is 0 Å². The fourth-order valence-corrected chi connectivity index (χ4v) is 2.92. The summed E-state index contributed by atoms with van der Waals surface area (Å²) in [6.45, 7) is 6.13. The number of nitrogens with one attached hydrogen (secondary N) is 2. The summed E-state index contributed by atoms with van der Waals surface area (Å²) >= 11 is 0. The highest BCUT2D eigenvalue weighted by molar-refractivity contribution is 5.98. The van der Waals surface area contributed by atoms with Gasteiger partial charge in [-0.05, 0) is 35.7 Å². The molecule has 3 aromatic rings. The summed E-state index contributed by atoms with van der Waals surface area (Å²) in [7, 11) is 1.63. The van der Waals surface area contributed by atoms with Crippen LogP contribution in [0.3, 0.4) is 0 Å². The zero-order chi connectivity index (χ0) is 20.1. The Labute approximate surface area is 164 Å². The maximum absolute atomic E-state index is 12.1. The Morgan fingerprint density at radius 2 is 2.04 bits per heavy atom. The predicted octanol–water partition coefficient (Wildman–Crippen LogP) is 4.00. The molecule has 0 aliphatic carbocycles. The lowest BCUT2D eigenvalue weighted by atomic mass is 9.86. The van der Waals surface area contributed by atoms with Crippen molar-refractivity contribution in [3.05, 3.63) is 59.8 Å². The standard InChI is InChI=1S/C22H25N3O3/c1-22(2,3)18-12-16(27-4)8-9-20(18)28-14-21(26)25-24-13-15-6-5-7-19-17(15)10-11-23-19/h5-13,23H,14H2,1-4H3,(H,25,26)/b24-13+. The van der Waals surface area contributed by atoms with Gasteiger partial charge in [0.25, 0.3) is 5.91 Å². The molecule has 3 rings (SSSR count). The van der Waals surface area contributed by atoms with Gasteiger partial charge in [-0.25, -0.2) is 5.43 Å². The zero-order valence-electron chi connectivity index (χ0n) is 16.6. The lowest BCUT2D eigenvalue weighted by Gasteiger charge is -2.23. The Balaban J connectivity index is 1.62. The molecule has 0 fully saturated rings. The Kier molecular flexibility index (Phi) is 5.68. The molecule has 0 unspecified atom stereocenters. The number of hydrogen-bond donors (Lipinski definition) is 2. The van der Waals surface area contributed by atoms with Crippen molar-refractivity contribution in [2.45, 2.75) is 26.2 Å². The van der Waals surface area contributed by atoms with Crippen LogP contribution in [0.2, 0.25) is 0 Å². The number of benzene rings is 2. The summed E-state index contributed by atoms with van der Waals surface area (Å²) in [5.41, 5.74) is 5.28. The van der Waals surface area contributed by atoms with Crippen molar-refractivity contribution in [1.82, 2.24) is 10.4 Å². The van der Waals surface area contributed by atoms with E-state index in [-0.39, 0.29) is 17.9 Å². The summed E-state index contributed by atoms with van der Waals surface area (Å²) < 4.78 is 11.0. The van der Waals surface area contributed by atoms with E-state index < -0.39 is 0 Å². The smallest absolute Gasteiger partial charge is 0.277 e. The third-order valence-corrected chi connectivity index (χ3v) is 4.38. The summed E-state index contributed by atoms with van der Waals surface area (Å²) in [6, 6.07) is 13.4. The van der Waals surface area contributed by atoms with Gasteiger partial charge in [0.05, 0.1) is 13.3 Å². The van der Waals surface area contributed by atoms with Crippen LogP contribution < -0.4 is 14.9 Å². The van der Waals surface area contributed by atoms with E-state index in [0.717, 1.165) is 27.8 Å². The van der Waals surface area contributed by atoms with Crippen LogP contribution in [0, 0.1) is 0 Å². The van der Waals surface area contributed by atoms with Crippen LogP contribution in [0.25, 0.3) is 10.9 Å². The average molecular weight is 379 g/mol. The number of hydrazone groups is 1. The molecule has 1 heterocycles. The number of ether oxygens (including phenoxy) is 2. The molecule has 1 aromatic heterocycles. The second-order valence-corrected chi connectivity index (χ2v) is 7.48. The van der Waals surface area contributed by atoms with Crippen LogP contribution >= 0.6 is 0 Å². The summed E-state index contributed by atoms with van der Waals surface area (Å²) in [5, 5.41) is 5.09. The normalized spacial score (nSPS) is 11.7. The number of methoxy groups -OCH3 is 1. The monoisotopic (exact) mass is 379 g/mol. The topological polar surface area (TPSA) is 75.7 Å². The highest BCUT2D eigenvalue weighted by Crippen LogP contribution is 2.34. The van der Waals surface area contributed by atoms with E-state index >= 15 is 0 Å². The van der Waals surface area contributed by atoms with E-state index in [0.29, 0.717) is 5.75 Å². The molecule has 0 aliphatic rings. The number of aromatic nitrogens is 1. The largest absolute Gasteiger partial charge is 0.497 e. The molecule has 0 bridgehead atoms. The van der Waals surface area contributed by atoms with Crippen molar-refractivity contribution in [2.24, 2.45) is 5.10 Å². The Morgan fingerprint density at radius 3 is 2.79 bits per heavy atom. The van der Waals surface area contributed by atoms with Crippen molar-refractivity contribution < 1.29 is 14.3 Å². The highest BCUT2D eigenvalue weighted by Gasteiger charge is 2.20. The molecule has 1 amide bonds. The Bertz CT molecular complexity index is 1000. The molecular formula is C22H25N3O3. The van der Waals surface area contributed by atoms with Gasteiger partial charge < -0.3 is 14.5 Å². The fraction of sp³-hybridized carbons (Fsp3) is 0.273. The quantitative estimate of drug-likeness (QED) is 0.502. The Morgan fingerprint density at radius 1 is 1.21 bits per heavy atom. The van der Waals surface area contributed by atoms with Gasteiger partial charge in [0.2, 0.25) is 0 Å². The summed E-state index contributed by atoms with van der Waals surface area (Å²) in [4.78, 5) is 15.3. The van der Waals surface area contributed by atoms with Gasteiger partial charge in [-0.15, -0.1) is 0 Å². The third kappa shape index (κ3) is 4.52. The Hall–Kier alpha value is -3.28. The summed E-state index contributed by atoms with van der Waals surface area (Å²) in [5.74, 6) is 1.09. The van der Waals surface area contributed by atoms with Crippen molar-refractivity contribution in [1.29, 1.82) is 0 Å². The second-order valence-electron chi connectivity index (χ2n) is 7.48. The number of rotatable bonds is 6. The van der Waals surface area contributed by atoms with E-state index in [2.05, 4.69) is 36.3 Å². The number of hydrogen-bond acceptors (Lipinski definition) is 4. The highest BCUT2D eigenvalue weighted by atomic mass is 16.5. The first-order chi connectivity index (χ1) is 13.4. The fourth-order valence-electron chi connectivity index (χ4n) is 2.92. The molecule has 0 aliphatic heterocycles. The van der Waals surface area contributed by atoms with Crippen LogP contribution in [0.4, 0.5) is 0 Å². The number of carbonyl (C=O) groups excluding carboxylic acids is 1. The maximum atomic E-state index is 12.1. The average Bonchev–Trinajstić information content (AvgIpc) is 3.15. The van der Waals surface area contributed by atoms with E-state index in [9.17, 15) is 4.79 Å². The van der Waals surface area contributed by atoms with Crippen LogP contribution in [0.5, 0.6) is 11.5 Å². The summed E-state index contributed by atoms with van der Waals surface area (Å²) in [6.07, 6.45) is 3.50. The van der Waals surface area contributed by atoms with E-state index in [4.69, 9.17) is 9.47 Å². The molecule has 6 nitrogen and oxygen atoms in total. The maximum Gasteiger partial charge on any atom is 0.277 e. The van der Waals surface area contributed by atoms with Gasteiger partial charge in [0.15, 0.2) is 6.61 Å². The van der Waals surface area contributed by atoms with Crippen LogP contribution in [0.15, 0.2) is 53.8 Å². The minimum atomic E-state index is -0.326. The first kappa shape index (κ1) is 19.5. The number of fused-ring (bicyclic) bond motifs is 1. The number of H-pyrrole nitrogens is 1. The van der Waals surface area contributed by atoms with Crippen LogP contribution in [-0.2, 0) is 10.2 Å². The van der Waals surface area contributed by atoms with Crippen molar-refractivity contribution in [3.8, 4) is 11.5 Å². The van der Waals surface area contributed by atoms with Crippen molar-refractivity contribution >= 4 is 23.0 Å². The number of aromatic amines is 1. The lowest BCUT2D eigenvalue weighted by molar-refractivity contribution is -0.123. The molecule has 0 saturated carbocycles. The van der Waals surface area contributed by atoms with E-state index in [1.807, 2.05) is 48.7 Å². The second kappa shape index (κ2) is 8.17. The van der Waals surface area contributed by atoms with Gasteiger partial charge >= 0.3 is 0 Å². The van der Waals surface area contributed by atoms with E-state index in [1.165, 1.54) is 0 Å². The number of nitrogens with zero attached hydrogens (tertiary/aromatic N) is 1. The van der Waals surface area contributed by atoms with Gasteiger partial charge in [-0.1, -0.05) is 32.9 Å². The molecule has 6 heteroatoms. The minimum absolute atomic E-state index is 0.124. The van der Waals surface area contributed by atoms with Gasteiger partial charge in [-0.2, -0.15) is 5.10 Å². The first-order valence-corrected chi connectivity index (χ1v) is 9.08. The molecule has 28 heavy (non-hydrogen) atoms. The molecule has 0 saturated heterocycles. The SMILES string of the molecule is COc1ccc(OCC(=O)N/N=C/c2cccc3[nH]ccc23)c(C(C)(C)C)c1. The van der Waals surface area contributed by atoms with E-state index in [1.54, 1.807) is 13.3 Å². The van der Waals surface area contributed by atoms with Gasteiger partial charge in [0, 0.05) is 28.2 Å². The zero-order valence-corrected chi connectivity index (χ0v) is 16.6. The molecule has 0 spiro atoms. The third-order valence-electron chi connectivity index (χ3n) is 4.38. The lowest BCUT2D eigenvalue weighted by Crippen LogP contribution is -2.25. The van der Waals surface area contributed by atoms with Crippen LogP contribution in [0.1, 0.15) is 31.9 Å². The molecule has 2 aromatic carbocycles. The molecule has 146 valence electrons.